The van der Waals surface area contributed by atoms with Gasteiger partial charge in [-0.25, -0.2) is 4.48 Å². The third kappa shape index (κ3) is 6.51. The fourth-order valence-corrected chi connectivity index (χ4v) is 5.28. The Hall–Kier alpha value is -3.45. The average molecular weight is 521 g/mol. The van der Waals surface area contributed by atoms with Gasteiger partial charge in [-0.15, -0.1) is 0 Å². The van der Waals surface area contributed by atoms with Gasteiger partial charge in [0.15, 0.2) is 6.17 Å². The first-order valence-corrected chi connectivity index (χ1v) is 13.4. The summed E-state index contributed by atoms with van der Waals surface area (Å²) in [5.41, 5.74) is 18.1. The lowest BCUT2D eigenvalue weighted by atomic mass is 9.97. The monoisotopic (exact) mass is 520 g/mol. The van der Waals surface area contributed by atoms with Crippen LogP contribution in [0.3, 0.4) is 0 Å². The van der Waals surface area contributed by atoms with Crippen LogP contribution in [0.2, 0.25) is 0 Å². The summed E-state index contributed by atoms with van der Waals surface area (Å²) in [6, 6.07) is 6.53. The van der Waals surface area contributed by atoms with E-state index >= 15 is 0 Å². The Morgan fingerprint density at radius 3 is 2.55 bits per heavy atom. The Kier molecular flexibility index (Phi) is 8.52. The second-order valence-corrected chi connectivity index (χ2v) is 11.9. The Morgan fingerprint density at radius 2 is 1.95 bits per heavy atom. The number of carbonyl (C=O) groups is 1. The third-order valence-corrected chi connectivity index (χ3v) is 7.39. The summed E-state index contributed by atoms with van der Waals surface area (Å²) in [5, 5.41) is 7.17. The van der Waals surface area contributed by atoms with Gasteiger partial charge in [-0.2, -0.15) is 4.79 Å². The molecule has 2 aliphatic heterocycles. The number of rotatable bonds is 7. The van der Waals surface area contributed by atoms with Crippen LogP contribution >= 0.6 is 0 Å². The van der Waals surface area contributed by atoms with Gasteiger partial charge >= 0.3 is 6.09 Å². The third-order valence-electron chi connectivity index (χ3n) is 7.39. The molecule has 1 saturated heterocycles. The van der Waals surface area contributed by atoms with Crippen molar-refractivity contribution in [2.75, 3.05) is 13.6 Å². The maximum absolute atomic E-state index is 13.2. The molecule has 2 heterocycles. The molecule has 0 bridgehead atoms. The van der Waals surface area contributed by atoms with Gasteiger partial charge < -0.3 is 26.8 Å². The van der Waals surface area contributed by atoms with Crippen LogP contribution in [-0.2, 0) is 11.2 Å². The van der Waals surface area contributed by atoms with Crippen molar-refractivity contribution in [2.45, 2.75) is 72.2 Å². The molecule has 3 rings (SSSR count). The van der Waals surface area contributed by atoms with Gasteiger partial charge in [0.05, 0.1) is 25.0 Å². The number of benzene rings is 1. The summed E-state index contributed by atoms with van der Waals surface area (Å²) in [4.78, 5) is 13.2. The molecule has 1 aromatic rings. The highest BCUT2D eigenvalue weighted by Crippen LogP contribution is 2.35. The lowest BCUT2D eigenvalue weighted by Crippen LogP contribution is -2.62. The van der Waals surface area contributed by atoms with Crippen LogP contribution < -0.4 is 22.1 Å². The molecular weight excluding hydrogens is 474 g/mol. The SMILES string of the molecule is C=C(N)C(N)=CC(=C)C(C)=Cc1ccc(C2=CNC(C3CC(C)C[N+]3(C)C(=O)OC(C)(C)C)N2)cc1CC. The van der Waals surface area contributed by atoms with E-state index in [9.17, 15) is 4.79 Å². The van der Waals surface area contributed by atoms with Gasteiger partial charge in [0.25, 0.3) is 0 Å². The van der Waals surface area contributed by atoms with Gasteiger partial charge in [-0.1, -0.05) is 45.2 Å². The van der Waals surface area contributed by atoms with Crippen molar-refractivity contribution in [3.63, 3.8) is 0 Å². The van der Waals surface area contributed by atoms with Crippen LogP contribution in [0.1, 0.15) is 64.7 Å². The molecule has 0 saturated carbocycles. The molecule has 0 spiro atoms. The number of nitrogens with two attached hydrogens (primary N) is 2. The molecule has 4 unspecified atom stereocenters. The predicted octanol–water partition coefficient (Wildman–Crippen LogP) is 5.13. The van der Waals surface area contributed by atoms with E-state index in [-0.39, 0.29) is 22.8 Å². The zero-order chi connectivity index (χ0) is 28.4. The number of hydrogen-bond donors (Lipinski definition) is 4. The molecule has 1 amide bonds. The van der Waals surface area contributed by atoms with E-state index in [0.29, 0.717) is 17.3 Å². The van der Waals surface area contributed by atoms with Crippen molar-refractivity contribution in [3.05, 3.63) is 82.9 Å². The fraction of sp³-hybridized carbons (Fsp3) is 0.452. The van der Waals surface area contributed by atoms with Crippen molar-refractivity contribution in [1.82, 2.24) is 10.6 Å². The standard InChI is InChI=1S/C31H46N5O2/c1-10-23-16-25(12-11-24(23)14-20(3)21(4)15-26(33)22(5)32)27-17-34-29(35-27)28-13-19(2)18-36(28,9)30(37)38-31(6,7)8/h11-12,14-17,19,28-29,34-35H,4-5,10,13,18,32-33H2,1-3,6-9H3/q+1. The first-order valence-electron chi connectivity index (χ1n) is 13.4. The molecule has 6 N–H and O–H groups in total. The van der Waals surface area contributed by atoms with Crippen LogP contribution in [0, 0.1) is 5.92 Å². The van der Waals surface area contributed by atoms with E-state index in [0.717, 1.165) is 47.4 Å². The van der Waals surface area contributed by atoms with E-state index in [2.05, 4.69) is 61.9 Å². The minimum Gasteiger partial charge on any atom is -0.414 e. The molecule has 0 aromatic heterocycles. The molecule has 4 atom stereocenters. The average Bonchev–Trinajstić information content (AvgIpc) is 3.42. The predicted molar refractivity (Wildman–Crippen MR) is 157 cm³/mol. The van der Waals surface area contributed by atoms with Crippen molar-refractivity contribution in [3.8, 4) is 0 Å². The van der Waals surface area contributed by atoms with Crippen LogP contribution in [-0.4, -0.2) is 42.0 Å². The van der Waals surface area contributed by atoms with Crippen molar-refractivity contribution in [1.29, 1.82) is 0 Å². The van der Waals surface area contributed by atoms with Crippen molar-refractivity contribution in [2.24, 2.45) is 17.4 Å². The normalized spacial score (nSPS) is 25.9. The Morgan fingerprint density at radius 1 is 1.26 bits per heavy atom. The molecular formula is C31H46N5O2+. The molecule has 1 fully saturated rings. The van der Waals surface area contributed by atoms with E-state index < -0.39 is 5.60 Å². The van der Waals surface area contributed by atoms with E-state index in [1.165, 1.54) is 5.56 Å². The van der Waals surface area contributed by atoms with E-state index in [4.69, 9.17) is 16.2 Å². The molecule has 2 aliphatic rings. The number of amides is 1. The van der Waals surface area contributed by atoms with E-state index in [1.54, 1.807) is 6.08 Å². The quantitative estimate of drug-likeness (QED) is 0.294. The van der Waals surface area contributed by atoms with E-state index in [1.807, 2.05) is 40.9 Å². The van der Waals surface area contributed by atoms with Gasteiger partial charge in [-0.05, 0) is 74.1 Å². The summed E-state index contributed by atoms with van der Waals surface area (Å²) in [5.74, 6) is 0.425. The lowest BCUT2D eigenvalue weighted by Gasteiger charge is -2.37. The van der Waals surface area contributed by atoms with Crippen LogP contribution in [0.4, 0.5) is 4.79 Å². The zero-order valence-electron chi connectivity index (χ0n) is 24.2. The number of likely N-dealkylation sites (N-methyl/N-ethyl adjacent to an activating group) is 1. The number of allylic oxidation sites excluding steroid dienone is 3. The highest BCUT2D eigenvalue weighted by atomic mass is 16.6. The zero-order valence-corrected chi connectivity index (χ0v) is 24.2. The fourth-order valence-electron chi connectivity index (χ4n) is 5.28. The molecule has 7 heteroatoms. The molecule has 38 heavy (non-hydrogen) atoms. The number of ether oxygens (including phenoxy) is 1. The van der Waals surface area contributed by atoms with Gasteiger partial charge in [0.2, 0.25) is 0 Å². The van der Waals surface area contributed by atoms with Gasteiger partial charge in [0.1, 0.15) is 11.6 Å². The Labute approximate surface area is 228 Å². The van der Waals surface area contributed by atoms with Crippen LogP contribution in [0.15, 0.2) is 66.2 Å². The summed E-state index contributed by atoms with van der Waals surface area (Å²) < 4.78 is 6.08. The smallest absolute Gasteiger partial charge is 0.414 e. The highest BCUT2D eigenvalue weighted by molar-refractivity contribution is 5.70. The number of quaternary nitrogens is 1. The summed E-state index contributed by atoms with van der Waals surface area (Å²) in [7, 11) is 2.00. The first kappa shape index (κ1) is 29.1. The number of aryl methyl sites for hydroxylation is 1. The largest absolute Gasteiger partial charge is 0.516 e. The second kappa shape index (κ2) is 11.1. The minimum absolute atomic E-state index is 0.0557. The Bertz CT molecular complexity index is 1200. The summed E-state index contributed by atoms with van der Waals surface area (Å²) in [6.07, 6.45) is 7.49. The summed E-state index contributed by atoms with van der Waals surface area (Å²) >= 11 is 0. The van der Waals surface area contributed by atoms with Crippen molar-refractivity contribution >= 4 is 17.9 Å². The molecule has 1 aromatic carbocycles. The number of likely N-dealkylation sites (tertiary alicyclic amines) is 1. The number of nitrogens with zero attached hydrogens (tertiary/aromatic N) is 1. The van der Waals surface area contributed by atoms with Gasteiger partial charge in [0, 0.05) is 24.2 Å². The lowest BCUT2D eigenvalue weighted by molar-refractivity contribution is -0.854. The number of hydrogen-bond acceptors (Lipinski definition) is 6. The van der Waals surface area contributed by atoms with Gasteiger partial charge in [-0.3, -0.25) is 0 Å². The van der Waals surface area contributed by atoms with Crippen LogP contribution in [0.25, 0.3) is 11.8 Å². The minimum atomic E-state index is -0.520. The van der Waals surface area contributed by atoms with Crippen LogP contribution in [0.5, 0.6) is 0 Å². The Balaban J connectivity index is 1.79. The molecule has 0 radical (unpaired) electrons. The maximum atomic E-state index is 13.2. The van der Waals surface area contributed by atoms with Crippen molar-refractivity contribution < 1.29 is 14.0 Å². The second-order valence-electron chi connectivity index (χ2n) is 11.9. The molecule has 7 nitrogen and oxygen atoms in total. The highest BCUT2D eigenvalue weighted by Gasteiger charge is 2.54. The topological polar surface area (TPSA) is 102 Å². The maximum Gasteiger partial charge on any atom is 0.516 e. The molecule has 206 valence electrons. The first-order chi connectivity index (χ1) is 17.6. The number of carbonyl (C=O) groups excluding carboxylic acids is 1. The molecule has 0 aliphatic carbocycles. The summed E-state index contributed by atoms with van der Waals surface area (Å²) in [6.45, 7) is 20.7. The number of nitrogens with one attached hydrogen (secondary N) is 2.